The van der Waals surface area contributed by atoms with Crippen LogP contribution in [0.4, 0.5) is 4.39 Å². The average molecular weight is 430 g/mol. The molecule has 1 N–H and O–H groups in total. The van der Waals surface area contributed by atoms with Crippen molar-refractivity contribution >= 4 is 40.0 Å². The zero-order valence-electron chi connectivity index (χ0n) is 15.9. The van der Waals surface area contributed by atoms with Gasteiger partial charge in [0, 0.05) is 29.2 Å². The fourth-order valence-corrected chi connectivity index (χ4v) is 3.10. The fourth-order valence-electron chi connectivity index (χ4n) is 2.93. The van der Waals surface area contributed by atoms with E-state index in [1.807, 2.05) is 0 Å². The van der Waals surface area contributed by atoms with Gasteiger partial charge in [0.1, 0.15) is 11.6 Å². The molecule has 1 heterocycles. The summed E-state index contributed by atoms with van der Waals surface area (Å²) in [6, 6.07) is 10.5. The minimum Gasteiger partial charge on any atom is -0.507 e. The molecule has 0 fully saturated rings. The molecule has 0 saturated heterocycles. The topological polar surface area (TPSA) is 85.6 Å². The van der Waals surface area contributed by atoms with E-state index in [0.717, 1.165) is 5.56 Å². The minimum atomic E-state index is -1.14. The molecule has 0 aliphatic heterocycles. The number of aliphatic hydroxyl groups excluding tert-OH is 1. The summed E-state index contributed by atoms with van der Waals surface area (Å²) in [5, 5.41) is 10.9. The molecule has 0 unspecified atom stereocenters. The predicted octanol–water partition coefficient (Wildman–Crippen LogP) is 3.87. The van der Waals surface area contributed by atoms with Crippen LogP contribution in [-0.4, -0.2) is 28.0 Å². The molecule has 0 radical (unpaired) electrons. The number of benzene rings is 2. The van der Waals surface area contributed by atoms with Gasteiger partial charge in [-0.05, 0) is 42.8 Å². The molecule has 3 rings (SSSR count). The number of ketones is 1. The summed E-state index contributed by atoms with van der Waals surface area (Å²) >= 11 is 6.03. The van der Waals surface area contributed by atoms with E-state index in [1.165, 1.54) is 31.3 Å². The number of aliphatic hydroxyl groups is 1. The van der Waals surface area contributed by atoms with Gasteiger partial charge in [-0.25, -0.2) is 9.18 Å². The zero-order valence-corrected chi connectivity index (χ0v) is 16.6. The van der Waals surface area contributed by atoms with Crippen molar-refractivity contribution in [1.82, 2.24) is 4.57 Å². The van der Waals surface area contributed by atoms with Gasteiger partial charge in [-0.15, -0.1) is 0 Å². The molecule has 6 nitrogen and oxygen atoms in total. The molecule has 0 saturated carbocycles. The smallest absolute Gasteiger partial charge is 0.379 e. The molecule has 0 atom stereocenters. The monoisotopic (exact) mass is 429 g/mol. The number of carbonyl (C=O) groups is 2. The Morgan fingerprint density at radius 3 is 2.57 bits per heavy atom. The van der Waals surface area contributed by atoms with E-state index in [4.69, 9.17) is 11.6 Å². The van der Waals surface area contributed by atoms with Crippen molar-refractivity contribution in [3.63, 3.8) is 0 Å². The van der Waals surface area contributed by atoms with Gasteiger partial charge < -0.3 is 14.4 Å². The molecule has 0 amide bonds. The summed E-state index contributed by atoms with van der Waals surface area (Å²) in [5.74, 6) is -3.29. The van der Waals surface area contributed by atoms with E-state index in [0.29, 0.717) is 16.6 Å². The maximum atomic E-state index is 13.2. The number of pyridine rings is 1. The Morgan fingerprint density at radius 2 is 1.90 bits per heavy atom. The van der Waals surface area contributed by atoms with Gasteiger partial charge in [0.05, 0.1) is 17.7 Å². The lowest BCUT2D eigenvalue weighted by Gasteiger charge is -2.14. The van der Waals surface area contributed by atoms with Crippen LogP contribution in [0.3, 0.4) is 0 Å². The lowest BCUT2D eigenvalue weighted by molar-refractivity contribution is -0.151. The van der Waals surface area contributed by atoms with E-state index >= 15 is 0 Å². The molecule has 0 aliphatic carbocycles. The summed E-state index contributed by atoms with van der Waals surface area (Å²) in [6.45, 7) is 1.79. The Labute approximate surface area is 175 Å². The van der Waals surface area contributed by atoms with Crippen LogP contribution in [0.5, 0.6) is 0 Å². The third-order valence-corrected chi connectivity index (χ3v) is 4.56. The molecule has 8 heteroatoms. The maximum Gasteiger partial charge on any atom is 0.379 e. The highest BCUT2D eigenvalue weighted by Crippen LogP contribution is 2.21. The first-order valence-corrected chi connectivity index (χ1v) is 9.37. The number of hydrogen-bond donors (Lipinski definition) is 1. The normalized spacial score (nSPS) is 11.5. The Hall–Kier alpha value is -3.45. The van der Waals surface area contributed by atoms with Crippen molar-refractivity contribution < 1.29 is 23.8 Å². The second-order valence-electron chi connectivity index (χ2n) is 6.40. The molecule has 3 aromatic rings. The van der Waals surface area contributed by atoms with Crippen LogP contribution in [0, 0.1) is 5.82 Å². The Balaban J connectivity index is 2.13. The summed E-state index contributed by atoms with van der Waals surface area (Å²) in [5.41, 5.74) is 0.521. The van der Waals surface area contributed by atoms with Crippen LogP contribution in [0.2, 0.25) is 5.02 Å². The first-order valence-electron chi connectivity index (χ1n) is 8.99. The van der Waals surface area contributed by atoms with Gasteiger partial charge in [-0.1, -0.05) is 23.7 Å². The lowest BCUT2D eigenvalue weighted by atomic mass is 10.1. The van der Waals surface area contributed by atoms with E-state index in [1.54, 1.807) is 28.8 Å². The molecular weight excluding hydrogens is 413 g/mol. The van der Waals surface area contributed by atoms with E-state index in [9.17, 15) is 23.9 Å². The second kappa shape index (κ2) is 8.92. The first kappa shape index (κ1) is 21.3. The molecule has 154 valence electrons. The van der Waals surface area contributed by atoms with E-state index in [2.05, 4.69) is 4.74 Å². The SMILES string of the molecule is CCOC(=O)C(=O)C=C(O)c1cn(Cc2ccc(F)cc2)c2ccc(Cl)cc2c1=O. The summed E-state index contributed by atoms with van der Waals surface area (Å²) < 4.78 is 19.5. The Bertz CT molecular complexity index is 1210. The van der Waals surface area contributed by atoms with Crippen molar-refractivity contribution in [2.24, 2.45) is 0 Å². The van der Waals surface area contributed by atoms with Gasteiger partial charge in [0.15, 0.2) is 5.43 Å². The van der Waals surface area contributed by atoms with Gasteiger partial charge in [-0.3, -0.25) is 9.59 Å². The highest BCUT2D eigenvalue weighted by Gasteiger charge is 2.17. The molecule has 0 bridgehead atoms. The van der Waals surface area contributed by atoms with E-state index in [-0.39, 0.29) is 29.9 Å². The molecule has 30 heavy (non-hydrogen) atoms. The highest BCUT2D eigenvalue weighted by atomic mass is 35.5. The van der Waals surface area contributed by atoms with Crippen LogP contribution in [0.15, 0.2) is 59.5 Å². The number of carbonyl (C=O) groups excluding carboxylic acids is 2. The Kier molecular flexibility index (Phi) is 6.32. The van der Waals surface area contributed by atoms with Crippen molar-refractivity contribution in [2.75, 3.05) is 6.61 Å². The lowest BCUT2D eigenvalue weighted by Crippen LogP contribution is -2.18. The van der Waals surface area contributed by atoms with E-state index < -0.39 is 22.9 Å². The summed E-state index contributed by atoms with van der Waals surface area (Å²) in [7, 11) is 0. The third kappa shape index (κ3) is 4.58. The van der Waals surface area contributed by atoms with Gasteiger partial charge in [0.2, 0.25) is 0 Å². The molecular formula is C22H17ClFNO5. The number of hydrogen-bond acceptors (Lipinski definition) is 5. The van der Waals surface area contributed by atoms with Gasteiger partial charge in [-0.2, -0.15) is 0 Å². The van der Waals surface area contributed by atoms with Gasteiger partial charge >= 0.3 is 5.97 Å². The predicted molar refractivity (Wildman–Crippen MR) is 111 cm³/mol. The summed E-state index contributed by atoms with van der Waals surface area (Å²) in [6.07, 6.45) is 2.01. The first-order chi connectivity index (χ1) is 14.3. The largest absolute Gasteiger partial charge is 0.507 e. The van der Waals surface area contributed by atoms with Crippen molar-refractivity contribution in [3.8, 4) is 0 Å². The number of esters is 1. The second-order valence-corrected chi connectivity index (χ2v) is 6.84. The zero-order chi connectivity index (χ0) is 21.8. The summed E-state index contributed by atoms with van der Waals surface area (Å²) in [4.78, 5) is 36.3. The number of ether oxygens (including phenoxy) is 1. The van der Waals surface area contributed by atoms with Crippen LogP contribution < -0.4 is 5.43 Å². The fraction of sp³-hybridized carbons (Fsp3) is 0.136. The maximum absolute atomic E-state index is 13.2. The number of rotatable bonds is 6. The number of halogens is 2. The van der Waals surface area contributed by atoms with Gasteiger partial charge in [0.25, 0.3) is 5.78 Å². The van der Waals surface area contributed by atoms with Crippen molar-refractivity contribution in [3.05, 3.63) is 86.9 Å². The quantitative estimate of drug-likeness (QED) is 0.278. The minimum absolute atomic E-state index is 0.00186. The molecule has 0 spiro atoms. The average Bonchev–Trinajstić information content (AvgIpc) is 2.71. The van der Waals surface area contributed by atoms with Crippen molar-refractivity contribution in [2.45, 2.75) is 13.5 Å². The number of aromatic nitrogens is 1. The van der Waals surface area contributed by atoms with Crippen LogP contribution >= 0.6 is 11.6 Å². The standard InChI is InChI=1S/C22H17ClFNO5/c1-2-30-22(29)20(27)10-19(26)17-12-25(11-13-3-6-15(24)7-4-13)18-8-5-14(23)9-16(18)21(17)28/h3-10,12,26H,2,11H2,1H3. The number of nitrogens with zero attached hydrogens (tertiary/aromatic N) is 1. The number of fused-ring (bicyclic) bond motifs is 1. The Morgan fingerprint density at radius 1 is 1.20 bits per heavy atom. The molecule has 2 aromatic carbocycles. The van der Waals surface area contributed by atoms with Crippen LogP contribution in [-0.2, 0) is 20.9 Å². The van der Waals surface area contributed by atoms with Crippen LogP contribution in [0.1, 0.15) is 18.1 Å². The molecule has 1 aromatic heterocycles. The molecule has 0 aliphatic rings. The third-order valence-electron chi connectivity index (χ3n) is 4.33. The highest BCUT2D eigenvalue weighted by molar-refractivity contribution is 6.39. The van der Waals surface area contributed by atoms with Crippen molar-refractivity contribution in [1.29, 1.82) is 0 Å². The van der Waals surface area contributed by atoms with Crippen LogP contribution in [0.25, 0.3) is 16.7 Å².